The van der Waals surface area contributed by atoms with Crippen LogP contribution in [0.15, 0.2) is 70.9 Å². The van der Waals surface area contributed by atoms with E-state index in [2.05, 4.69) is 10.0 Å². The van der Waals surface area contributed by atoms with Crippen molar-refractivity contribution in [2.45, 2.75) is 24.3 Å². The van der Waals surface area contributed by atoms with Gasteiger partial charge in [0.1, 0.15) is 11.6 Å². The van der Waals surface area contributed by atoms with E-state index in [4.69, 9.17) is 4.74 Å². The number of ether oxygens (including phenoxy) is 1. The molecule has 164 valence electrons. The second-order valence-corrected chi connectivity index (χ2v) is 9.37. The summed E-state index contributed by atoms with van der Waals surface area (Å²) in [6.07, 6.45) is -0.0423. The summed E-state index contributed by atoms with van der Waals surface area (Å²) in [5, 5.41) is 4.79. The molecule has 6 nitrogen and oxygen atoms in total. The first-order valence-electron chi connectivity index (χ1n) is 9.70. The maximum Gasteiger partial charge on any atom is 0.240 e. The summed E-state index contributed by atoms with van der Waals surface area (Å²) in [6.45, 7) is 2.28. The first-order valence-corrected chi connectivity index (χ1v) is 12.1. The number of hydrogen-bond acceptors (Lipinski definition) is 5. The second kappa shape index (κ2) is 10.5. The number of carbonyl (C=O) groups excluding carboxylic acids is 1. The lowest BCUT2D eigenvalue weighted by Gasteiger charge is -2.18. The number of nitrogens with one attached hydrogen (secondary N) is 2. The first kappa shape index (κ1) is 22.9. The van der Waals surface area contributed by atoms with Crippen LogP contribution in [0.1, 0.15) is 29.8 Å². The highest BCUT2D eigenvalue weighted by Gasteiger charge is 2.19. The molecule has 1 unspecified atom stereocenters. The summed E-state index contributed by atoms with van der Waals surface area (Å²) in [7, 11) is -3.74. The van der Waals surface area contributed by atoms with E-state index in [1.165, 1.54) is 35.6 Å². The van der Waals surface area contributed by atoms with Gasteiger partial charge in [-0.1, -0.05) is 18.2 Å². The zero-order valence-electron chi connectivity index (χ0n) is 16.9. The van der Waals surface area contributed by atoms with Crippen LogP contribution >= 0.6 is 11.3 Å². The highest BCUT2D eigenvalue weighted by Crippen LogP contribution is 2.26. The van der Waals surface area contributed by atoms with Crippen LogP contribution < -0.4 is 14.8 Å². The molecule has 31 heavy (non-hydrogen) atoms. The Morgan fingerprint density at radius 3 is 2.42 bits per heavy atom. The Hall–Kier alpha value is -2.75. The van der Waals surface area contributed by atoms with E-state index in [1.54, 1.807) is 24.3 Å². The van der Waals surface area contributed by atoms with Crippen molar-refractivity contribution in [2.75, 3.05) is 13.2 Å². The van der Waals surface area contributed by atoms with Crippen LogP contribution in [0.2, 0.25) is 0 Å². The third-order valence-electron chi connectivity index (χ3n) is 4.43. The summed E-state index contributed by atoms with van der Waals surface area (Å²) >= 11 is 1.47. The summed E-state index contributed by atoms with van der Waals surface area (Å²) in [5.41, 5.74) is 0.743. The molecule has 2 N–H and O–H groups in total. The van der Waals surface area contributed by atoms with Gasteiger partial charge in [-0.15, -0.1) is 11.3 Å². The predicted octanol–water partition coefficient (Wildman–Crippen LogP) is 3.86. The Morgan fingerprint density at radius 2 is 1.81 bits per heavy atom. The average molecular weight is 463 g/mol. The minimum Gasteiger partial charge on any atom is -0.494 e. The molecular weight excluding hydrogens is 439 g/mol. The molecule has 1 atom stereocenters. The molecule has 1 aromatic heterocycles. The van der Waals surface area contributed by atoms with E-state index in [1.807, 2.05) is 24.4 Å². The van der Waals surface area contributed by atoms with Gasteiger partial charge in [-0.3, -0.25) is 4.79 Å². The maximum atomic E-state index is 13.3. The molecule has 0 aliphatic carbocycles. The van der Waals surface area contributed by atoms with Crippen molar-refractivity contribution in [1.82, 2.24) is 10.0 Å². The molecule has 1 heterocycles. The topological polar surface area (TPSA) is 84.5 Å². The molecule has 3 aromatic rings. The fourth-order valence-electron chi connectivity index (χ4n) is 2.93. The third kappa shape index (κ3) is 6.36. The molecule has 2 aromatic carbocycles. The van der Waals surface area contributed by atoms with Gasteiger partial charge in [0, 0.05) is 17.8 Å². The van der Waals surface area contributed by atoms with Gasteiger partial charge in [0.15, 0.2) is 0 Å². The highest BCUT2D eigenvalue weighted by molar-refractivity contribution is 7.89. The van der Waals surface area contributed by atoms with Crippen molar-refractivity contribution >= 4 is 27.3 Å². The predicted molar refractivity (Wildman–Crippen MR) is 118 cm³/mol. The minimum atomic E-state index is -3.74. The van der Waals surface area contributed by atoms with Gasteiger partial charge in [-0.25, -0.2) is 17.5 Å². The zero-order chi connectivity index (χ0) is 22.3. The van der Waals surface area contributed by atoms with Gasteiger partial charge in [-0.2, -0.15) is 0 Å². The van der Waals surface area contributed by atoms with Gasteiger partial charge in [0.2, 0.25) is 15.9 Å². The number of amides is 1. The van der Waals surface area contributed by atoms with E-state index < -0.39 is 16.1 Å². The van der Waals surface area contributed by atoms with Crippen LogP contribution in [0.4, 0.5) is 4.39 Å². The minimum absolute atomic E-state index is 0.0423. The molecule has 0 aliphatic heterocycles. The number of hydrogen-bond donors (Lipinski definition) is 2. The molecule has 0 saturated heterocycles. The van der Waals surface area contributed by atoms with Gasteiger partial charge in [0.25, 0.3) is 0 Å². The van der Waals surface area contributed by atoms with Crippen LogP contribution in [0.5, 0.6) is 5.75 Å². The number of sulfonamides is 1. The number of rotatable bonds is 10. The highest BCUT2D eigenvalue weighted by atomic mass is 32.2. The van der Waals surface area contributed by atoms with Crippen LogP contribution in [0.3, 0.4) is 0 Å². The normalized spacial score (nSPS) is 12.3. The summed E-state index contributed by atoms with van der Waals surface area (Å²) in [6, 6.07) is 15.3. The molecule has 3 rings (SSSR count). The number of halogens is 1. The molecule has 1 amide bonds. The van der Waals surface area contributed by atoms with E-state index in [9.17, 15) is 17.6 Å². The Morgan fingerprint density at radius 1 is 1.10 bits per heavy atom. The van der Waals surface area contributed by atoms with Crippen molar-refractivity contribution in [3.63, 3.8) is 0 Å². The zero-order valence-corrected chi connectivity index (χ0v) is 18.5. The quantitative estimate of drug-likeness (QED) is 0.479. The van der Waals surface area contributed by atoms with Crippen molar-refractivity contribution in [2.24, 2.45) is 0 Å². The number of thiophene rings is 1. The van der Waals surface area contributed by atoms with Crippen LogP contribution in [-0.4, -0.2) is 27.5 Å². The monoisotopic (exact) mass is 462 g/mol. The van der Waals surface area contributed by atoms with E-state index in [0.717, 1.165) is 10.4 Å². The summed E-state index contributed by atoms with van der Waals surface area (Å²) in [5.74, 6) is -0.0953. The second-order valence-electron chi connectivity index (χ2n) is 6.62. The van der Waals surface area contributed by atoms with Crippen LogP contribution in [0, 0.1) is 5.82 Å². The fourth-order valence-corrected chi connectivity index (χ4v) is 4.76. The van der Waals surface area contributed by atoms with Crippen molar-refractivity contribution in [3.8, 4) is 5.75 Å². The van der Waals surface area contributed by atoms with E-state index >= 15 is 0 Å². The number of carbonyl (C=O) groups is 1. The first-order chi connectivity index (χ1) is 14.9. The van der Waals surface area contributed by atoms with Gasteiger partial charge in [0.05, 0.1) is 17.5 Å². The Balaban J connectivity index is 1.59. The molecule has 0 fully saturated rings. The van der Waals surface area contributed by atoms with E-state index in [-0.39, 0.29) is 29.6 Å². The lowest BCUT2D eigenvalue weighted by atomic mass is 10.1. The smallest absolute Gasteiger partial charge is 0.240 e. The van der Waals surface area contributed by atoms with Crippen molar-refractivity contribution in [3.05, 3.63) is 82.3 Å². The third-order valence-corrected chi connectivity index (χ3v) is 6.84. The average Bonchev–Trinajstić information content (AvgIpc) is 3.28. The molecule has 0 spiro atoms. The van der Waals surface area contributed by atoms with E-state index in [0.29, 0.717) is 12.4 Å². The van der Waals surface area contributed by atoms with Crippen LogP contribution in [-0.2, 0) is 14.8 Å². The fraction of sp³-hybridized carbons (Fsp3) is 0.227. The standard InChI is InChI=1S/C22H23FN2O4S2/c1-2-29-18-9-11-19(12-10-18)31(27,28)24-14-13-21(26)25-22(20-4-3-15-30-20)16-5-7-17(23)8-6-16/h3-12,15,22,24H,2,13-14H2,1H3,(H,25,26). The van der Waals surface area contributed by atoms with Gasteiger partial charge in [-0.05, 0) is 60.3 Å². The van der Waals surface area contributed by atoms with Gasteiger partial charge >= 0.3 is 0 Å². The molecule has 0 saturated carbocycles. The molecule has 0 bridgehead atoms. The lowest BCUT2D eigenvalue weighted by Crippen LogP contribution is -2.33. The van der Waals surface area contributed by atoms with Crippen LogP contribution in [0.25, 0.3) is 0 Å². The summed E-state index contributed by atoms with van der Waals surface area (Å²) in [4.78, 5) is 13.5. The van der Waals surface area contributed by atoms with Gasteiger partial charge < -0.3 is 10.1 Å². The summed E-state index contributed by atoms with van der Waals surface area (Å²) < 4.78 is 45.9. The Bertz CT molecular complexity index is 1080. The number of benzene rings is 2. The Labute approximate surface area is 185 Å². The lowest BCUT2D eigenvalue weighted by molar-refractivity contribution is -0.121. The SMILES string of the molecule is CCOc1ccc(S(=O)(=O)NCCC(=O)NC(c2ccc(F)cc2)c2cccs2)cc1. The molecule has 0 radical (unpaired) electrons. The van der Waals surface area contributed by atoms with Crippen molar-refractivity contribution in [1.29, 1.82) is 0 Å². The molecular formula is C22H23FN2O4S2. The Kier molecular flexibility index (Phi) is 7.78. The maximum absolute atomic E-state index is 13.3. The van der Waals surface area contributed by atoms with Crippen molar-refractivity contribution < 1.29 is 22.3 Å². The molecule has 0 aliphatic rings. The molecule has 9 heteroatoms. The largest absolute Gasteiger partial charge is 0.494 e.